The van der Waals surface area contributed by atoms with Crippen molar-refractivity contribution >= 4 is 17.4 Å². The van der Waals surface area contributed by atoms with Gasteiger partial charge in [-0.25, -0.2) is 4.98 Å². The highest BCUT2D eigenvalue weighted by atomic mass is 35.5. The van der Waals surface area contributed by atoms with Crippen molar-refractivity contribution in [2.75, 3.05) is 17.7 Å². The molecule has 1 heterocycles. The first-order valence-electron chi connectivity index (χ1n) is 5.88. The fourth-order valence-corrected chi connectivity index (χ4v) is 1.67. The first-order valence-corrected chi connectivity index (χ1v) is 6.41. The third kappa shape index (κ3) is 5.58. The van der Waals surface area contributed by atoms with Crippen LogP contribution in [-0.2, 0) is 6.18 Å². The van der Waals surface area contributed by atoms with Gasteiger partial charge in [0.05, 0.1) is 0 Å². The second kappa shape index (κ2) is 7.46. The molecule has 0 aliphatic heterocycles. The lowest BCUT2D eigenvalue weighted by molar-refractivity contribution is -0.141. The van der Waals surface area contributed by atoms with E-state index < -0.39 is 11.9 Å². The molecule has 0 unspecified atom stereocenters. The van der Waals surface area contributed by atoms with Gasteiger partial charge in [-0.05, 0) is 25.0 Å². The zero-order valence-corrected chi connectivity index (χ0v) is 10.7. The second-order valence-electron chi connectivity index (χ2n) is 3.94. The summed E-state index contributed by atoms with van der Waals surface area (Å²) in [5.74, 6) is 0.921. The van der Waals surface area contributed by atoms with Crippen LogP contribution in [0.1, 0.15) is 31.4 Å². The van der Waals surface area contributed by atoms with Gasteiger partial charge >= 0.3 is 6.18 Å². The molecule has 0 aliphatic rings. The van der Waals surface area contributed by atoms with Gasteiger partial charge in [0.2, 0.25) is 0 Å². The Balaban J connectivity index is 2.34. The van der Waals surface area contributed by atoms with Gasteiger partial charge in [-0.3, -0.25) is 0 Å². The lowest BCUT2D eigenvalue weighted by Crippen LogP contribution is -2.10. The zero-order valence-electron chi connectivity index (χ0n) is 9.93. The van der Waals surface area contributed by atoms with Gasteiger partial charge in [-0.1, -0.05) is 18.9 Å². The molecule has 0 saturated heterocycles. The number of alkyl halides is 4. The van der Waals surface area contributed by atoms with Gasteiger partial charge < -0.3 is 5.32 Å². The van der Waals surface area contributed by atoms with Crippen LogP contribution in [0.25, 0.3) is 0 Å². The Labute approximate surface area is 110 Å². The summed E-state index contributed by atoms with van der Waals surface area (Å²) in [5, 5.41) is 2.89. The predicted octanol–water partition coefficient (Wildman–Crippen LogP) is 4.31. The minimum absolute atomic E-state index is 0.266. The van der Waals surface area contributed by atoms with Crippen LogP contribution >= 0.6 is 11.6 Å². The lowest BCUT2D eigenvalue weighted by atomic mass is 10.2. The van der Waals surface area contributed by atoms with E-state index in [1.54, 1.807) is 0 Å². The number of nitrogens with one attached hydrogen (secondary N) is 1. The normalized spacial score (nSPS) is 11.6. The SMILES string of the molecule is FC(F)(F)c1cccc(NCCCCCCCl)n1. The van der Waals surface area contributed by atoms with Crippen LogP contribution in [0.5, 0.6) is 0 Å². The number of aromatic nitrogens is 1. The number of nitrogens with zero attached hydrogens (tertiary/aromatic N) is 1. The number of halogens is 4. The Morgan fingerprint density at radius 3 is 2.50 bits per heavy atom. The summed E-state index contributed by atoms with van der Waals surface area (Å²) in [7, 11) is 0. The van der Waals surface area contributed by atoms with Crippen LogP contribution in [0.3, 0.4) is 0 Å². The molecule has 0 saturated carbocycles. The van der Waals surface area contributed by atoms with Crippen LogP contribution < -0.4 is 5.32 Å². The van der Waals surface area contributed by atoms with Gasteiger partial charge in [-0.2, -0.15) is 13.2 Å². The van der Waals surface area contributed by atoms with E-state index >= 15 is 0 Å². The second-order valence-corrected chi connectivity index (χ2v) is 4.31. The molecule has 0 radical (unpaired) electrons. The van der Waals surface area contributed by atoms with Crippen molar-refractivity contribution in [1.29, 1.82) is 0 Å². The molecular weight excluding hydrogens is 265 g/mol. The Bertz CT molecular complexity index is 355. The molecule has 102 valence electrons. The lowest BCUT2D eigenvalue weighted by Gasteiger charge is -2.09. The monoisotopic (exact) mass is 280 g/mol. The molecule has 0 aliphatic carbocycles. The molecule has 1 N–H and O–H groups in total. The maximum absolute atomic E-state index is 12.4. The molecular formula is C12H16ClF3N2. The average Bonchev–Trinajstić information content (AvgIpc) is 2.33. The summed E-state index contributed by atoms with van der Waals surface area (Å²) < 4.78 is 37.2. The molecule has 1 rings (SSSR count). The highest BCUT2D eigenvalue weighted by molar-refractivity contribution is 6.17. The van der Waals surface area contributed by atoms with Crippen molar-refractivity contribution in [2.24, 2.45) is 0 Å². The van der Waals surface area contributed by atoms with Crippen molar-refractivity contribution < 1.29 is 13.2 Å². The van der Waals surface area contributed by atoms with Crippen molar-refractivity contribution in [3.8, 4) is 0 Å². The largest absolute Gasteiger partial charge is 0.433 e. The van der Waals surface area contributed by atoms with E-state index in [1.165, 1.54) is 12.1 Å². The van der Waals surface area contributed by atoms with E-state index in [0.717, 1.165) is 31.7 Å². The maximum Gasteiger partial charge on any atom is 0.433 e. The first kappa shape index (κ1) is 15.1. The quantitative estimate of drug-likeness (QED) is 0.594. The molecule has 18 heavy (non-hydrogen) atoms. The van der Waals surface area contributed by atoms with Crippen LogP contribution in [-0.4, -0.2) is 17.4 Å². The zero-order chi connectivity index (χ0) is 13.4. The highest BCUT2D eigenvalue weighted by Crippen LogP contribution is 2.28. The van der Waals surface area contributed by atoms with Crippen molar-refractivity contribution in [3.63, 3.8) is 0 Å². The molecule has 0 atom stereocenters. The van der Waals surface area contributed by atoms with E-state index in [1.807, 2.05) is 0 Å². The molecule has 1 aromatic rings. The average molecular weight is 281 g/mol. The van der Waals surface area contributed by atoms with Crippen LogP contribution in [0.2, 0.25) is 0 Å². The number of hydrogen-bond donors (Lipinski definition) is 1. The van der Waals surface area contributed by atoms with E-state index in [0.29, 0.717) is 12.4 Å². The molecule has 0 bridgehead atoms. The minimum atomic E-state index is -4.39. The van der Waals surface area contributed by atoms with Gasteiger partial charge in [0.15, 0.2) is 0 Å². The van der Waals surface area contributed by atoms with Crippen LogP contribution in [0.4, 0.5) is 19.0 Å². The van der Waals surface area contributed by atoms with Crippen molar-refractivity contribution in [2.45, 2.75) is 31.9 Å². The summed E-state index contributed by atoms with van der Waals surface area (Å²) in [4.78, 5) is 3.52. The summed E-state index contributed by atoms with van der Waals surface area (Å²) >= 11 is 5.54. The van der Waals surface area contributed by atoms with Gasteiger partial charge in [-0.15, -0.1) is 11.6 Å². The highest BCUT2D eigenvalue weighted by Gasteiger charge is 2.32. The topological polar surface area (TPSA) is 24.9 Å². The number of rotatable bonds is 7. The van der Waals surface area contributed by atoms with Gasteiger partial charge in [0.25, 0.3) is 0 Å². The summed E-state index contributed by atoms with van der Waals surface area (Å²) in [6.07, 6.45) is -0.462. The summed E-state index contributed by atoms with van der Waals surface area (Å²) in [6, 6.07) is 3.85. The van der Waals surface area contributed by atoms with Crippen molar-refractivity contribution in [3.05, 3.63) is 23.9 Å². The molecule has 0 amide bonds. The standard InChI is InChI=1S/C12H16ClF3N2/c13-8-3-1-2-4-9-17-11-7-5-6-10(18-11)12(14,15)16/h5-7H,1-4,8-9H2,(H,17,18). The Morgan fingerprint density at radius 2 is 1.83 bits per heavy atom. The van der Waals surface area contributed by atoms with Crippen LogP contribution in [0, 0.1) is 0 Å². The third-order valence-corrected chi connectivity index (χ3v) is 2.67. The Morgan fingerprint density at radius 1 is 1.11 bits per heavy atom. The molecule has 0 spiro atoms. The first-order chi connectivity index (χ1) is 8.54. The van der Waals surface area contributed by atoms with E-state index in [9.17, 15) is 13.2 Å². The molecule has 0 aromatic carbocycles. The fourth-order valence-electron chi connectivity index (χ4n) is 1.48. The maximum atomic E-state index is 12.4. The summed E-state index contributed by atoms with van der Waals surface area (Å²) in [6.45, 7) is 0.622. The van der Waals surface area contributed by atoms with E-state index in [4.69, 9.17) is 11.6 Å². The van der Waals surface area contributed by atoms with Crippen LogP contribution in [0.15, 0.2) is 18.2 Å². The van der Waals surface area contributed by atoms with Gasteiger partial charge in [0.1, 0.15) is 11.5 Å². The molecule has 6 heteroatoms. The number of unbranched alkanes of at least 4 members (excludes halogenated alkanes) is 3. The molecule has 1 aromatic heterocycles. The smallest absolute Gasteiger partial charge is 0.370 e. The van der Waals surface area contributed by atoms with E-state index in [-0.39, 0.29) is 5.82 Å². The van der Waals surface area contributed by atoms with E-state index in [2.05, 4.69) is 10.3 Å². The van der Waals surface area contributed by atoms with Gasteiger partial charge in [0, 0.05) is 12.4 Å². The Hall–Kier alpha value is -0.970. The molecule has 2 nitrogen and oxygen atoms in total. The predicted molar refractivity (Wildman–Crippen MR) is 66.9 cm³/mol. The summed E-state index contributed by atoms with van der Waals surface area (Å²) in [5.41, 5.74) is -0.866. The Kier molecular flexibility index (Phi) is 6.25. The minimum Gasteiger partial charge on any atom is -0.370 e. The van der Waals surface area contributed by atoms with Crippen molar-refractivity contribution in [1.82, 2.24) is 4.98 Å². The number of hydrogen-bond acceptors (Lipinski definition) is 2. The fraction of sp³-hybridized carbons (Fsp3) is 0.583. The number of pyridine rings is 1. The molecule has 0 fully saturated rings. The third-order valence-electron chi connectivity index (χ3n) is 2.41. The number of anilines is 1.